The molecule has 1 aliphatic carbocycles. The first-order valence-corrected chi connectivity index (χ1v) is 6.61. The molecule has 0 aromatic carbocycles. The summed E-state index contributed by atoms with van der Waals surface area (Å²) in [6.45, 7) is 0. The van der Waals surface area contributed by atoms with Crippen molar-refractivity contribution in [1.29, 1.82) is 0 Å². The lowest BCUT2D eigenvalue weighted by Gasteiger charge is -2.06. The summed E-state index contributed by atoms with van der Waals surface area (Å²) in [6.07, 6.45) is 6.17. The second-order valence-electron chi connectivity index (χ2n) is 4.10. The van der Waals surface area contributed by atoms with Gasteiger partial charge in [0, 0.05) is 25.2 Å². The van der Waals surface area contributed by atoms with E-state index >= 15 is 0 Å². The molecule has 2 aromatic heterocycles. The van der Waals surface area contributed by atoms with Gasteiger partial charge < -0.3 is 5.32 Å². The van der Waals surface area contributed by atoms with E-state index in [1.165, 1.54) is 12.8 Å². The summed E-state index contributed by atoms with van der Waals surface area (Å²) < 4.78 is 2.89. The molecule has 1 saturated carbocycles. The molecule has 0 amide bonds. The van der Waals surface area contributed by atoms with Crippen LogP contribution in [0.25, 0.3) is 5.82 Å². The van der Waals surface area contributed by atoms with Crippen molar-refractivity contribution < 1.29 is 0 Å². The highest BCUT2D eigenvalue weighted by atomic mass is 127. The molecule has 1 fully saturated rings. The van der Waals surface area contributed by atoms with Gasteiger partial charge in [-0.15, -0.1) is 0 Å². The van der Waals surface area contributed by atoms with Crippen LogP contribution in [0.15, 0.2) is 18.5 Å². The maximum atomic E-state index is 4.57. The van der Waals surface area contributed by atoms with Crippen molar-refractivity contribution in [3.8, 4) is 5.82 Å². The highest BCUT2D eigenvalue weighted by Crippen LogP contribution is 2.38. The van der Waals surface area contributed by atoms with E-state index in [1.807, 2.05) is 25.5 Å². The standard InChI is InChI=1S/C11H12IN5/c1-13-9-4-10(17-6-8(12)5-14-17)16-11(15-9)7-2-3-7/h4-7H,2-3H2,1H3,(H,13,15,16). The molecule has 5 nitrogen and oxygen atoms in total. The van der Waals surface area contributed by atoms with Crippen LogP contribution in [0.2, 0.25) is 0 Å². The Labute approximate surface area is 113 Å². The van der Waals surface area contributed by atoms with E-state index in [2.05, 4.69) is 43.0 Å². The number of rotatable bonds is 3. The molecule has 0 atom stereocenters. The highest BCUT2D eigenvalue weighted by molar-refractivity contribution is 14.1. The number of hydrogen-bond acceptors (Lipinski definition) is 4. The number of nitrogens with zero attached hydrogens (tertiary/aromatic N) is 4. The van der Waals surface area contributed by atoms with E-state index in [-0.39, 0.29) is 0 Å². The first kappa shape index (κ1) is 10.9. The average Bonchev–Trinajstić information content (AvgIpc) is 3.11. The monoisotopic (exact) mass is 341 g/mol. The summed E-state index contributed by atoms with van der Waals surface area (Å²) in [7, 11) is 1.87. The molecule has 3 rings (SSSR count). The molecule has 0 radical (unpaired) electrons. The third kappa shape index (κ3) is 2.26. The molecule has 2 heterocycles. The minimum atomic E-state index is 0.539. The molecule has 0 bridgehead atoms. The number of halogens is 1. The van der Waals surface area contributed by atoms with Crippen LogP contribution < -0.4 is 5.32 Å². The van der Waals surface area contributed by atoms with Crippen LogP contribution in [0, 0.1) is 3.57 Å². The number of aromatic nitrogens is 4. The van der Waals surface area contributed by atoms with Crippen LogP contribution in [0.4, 0.5) is 5.82 Å². The maximum Gasteiger partial charge on any atom is 0.159 e. The van der Waals surface area contributed by atoms with Crippen LogP contribution in [-0.4, -0.2) is 26.8 Å². The largest absolute Gasteiger partial charge is 0.373 e. The van der Waals surface area contributed by atoms with Crippen molar-refractivity contribution in [2.45, 2.75) is 18.8 Å². The van der Waals surface area contributed by atoms with Gasteiger partial charge in [-0.3, -0.25) is 0 Å². The van der Waals surface area contributed by atoms with Gasteiger partial charge in [0.25, 0.3) is 0 Å². The van der Waals surface area contributed by atoms with Gasteiger partial charge in [0.2, 0.25) is 0 Å². The summed E-state index contributed by atoms with van der Waals surface area (Å²) in [5, 5.41) is 7.35. The second kappa shape index (κ2) is 4.25. The molecule has 0 aliphatic heterocycles. The SMILES string of the molecule is CNc1cc(-n2cc(I)cn2)nc(C2CC2)n1. The van der Waals surface area contributed by atoms with Crippen LogP contribution in [0.3, 0.4) is 0 Å². The smallest absolute Gasteiger partial charge is 0.159 e. The number of hydrogen-bond donors (Lipinski definition) is 1. The Morgan fingerprint density at radius 1 is 1.41 bits per heavy atom. The fourth-order valence-corrected chi connectivity index (χ4v) is 2.04. The molecule has 1 aliphatic rings. The zero-order chi connectivity index (χ0) is 11.8. The van der Waals surface area contributed by atoms with Crippen molar-refractivity contribution in [2.24, 2.45) is 0 Å². The fraction of sp³-hybridized carbons (Fsp3) is 0.364. The summed E-state index contributed by atoms with van der Waals surface area (Å²) >= 11 is 2.24. The summed E-state index contributed by atoms with van der Waals surface area (Å²) in [5.41, 5.74) is 0. The molecule has 1 N–H and O–H groups in total. The van der Waals surface area contributed by atoms with Crippen molar-refractivity contribution in [3.05, 3.63) is 27.9 Å². The van der Waals surface area contributed by atoms with Gasteiger partial charge in [-0.25, -0.2) is 14.6 Å². The van der Waals surface area contributed by atoms with E-state index in [9.17, 15) is 0 Å². The zero-order valence-corrected chi connectivity index (χ0v) is 11.5. The Kier molecular flexibility index (Phi) is 2.73. The van der Waals surface area contributed by atoms with E-state index in [1.54, 1.807) is 4.68 Å². The number of anilines is 1. The van der Waals surface area contributed by atoms with Gasteiger partial charge in [0.1, 0.15) is 11.6 Å². The third-order valence-electron chi connectivity index (χ3n) is 2.71. The fourth-order valence-electron chi connectivity index (χ4n) is 1.65. The maximum absolute atomic E-state index is 4.57. The Morgan fingerprint density at radius 2 is 2.24 bits per heavy atom. The van der Waals surface area contributed by atoms with E-state index < -0.39 is 0 Å². The number of nitrogens with one attached hydrogen (secondary N) is 1. The van der Waals surface area contributed by atoms with Gasteiger partial charge in [-0.1, -0.05) is 0 Å². The van der Waals surface area contributed by atoms with Crippen LogP contribution in [-0.2, 0) is 0 Å². The molecule has 88 valence electrons. The molecule has 2 aromatic rings. The average molecular weight is 341 g/mol. The van der Waals surface area contributed by atoms with Gasteiger partial charge in [-0.05, 0) is 35.4 Å². The van der Waals surface area contributed by atoms with Crippen molar-refractivity contribution in [2.75, 3.05) is 12.4 Å². The van der Waals surface area contributed by atoms with Crippen LogP contribution >= 0.6 is 22.6 Å². The van der Waals surface area contributed by atoms with E-state index in [0.717, 1.165) is 21.0 Å². The Morgan fingerprint density at radius 3 is 2.82 bits per heavy atom. The van der Waals surface area contributed by atoms with Crippen molar-refractivity contribution >= 4 is 28.4 Å². The predicted octanol–water partition coefficient (Wildman–Crippen LogP) is 2.19. The van der Waals surface area contributed by atoms with Gasteiger partial charge in [0.05, 0.1) is 9.77 Å². The third-order valence-corrected chi connectivity index (χ3v) is 3.27. The van der Waals surface area contributed by atoms with E-state index in [4.69, 9.17) is 0 Å². The molecule has 0 saturated heterocycles. The van der Waals surface area contributed by atoms with Crippen molar-refractivity contribution in [1.82, 2.24) is 19.7 Å². The van der Waals surface area contributed by atoms with Crippen molar-refractivity contribution in [3.63, 3.8) is 0 Å². The predicted molar refractivity (Wildman–Crippen MR) is 73.4 cm³/mol. The molecule has 17 heavy (non-hydrogen) atoms. The molecular formula is C11H12IN5. The van der Waals surface area contributed by atoms with E-state index in [0.29, 0.717) is 5.92 Å². The molecule has 0 spiro atoms. The summed E-state index contributed by atoms with van der Waals surface area (Å²) in [6, 6.07) is 1.91. The van der Waals surface area contributed by atoms with Crippen LogP contribution in [0.1, 0.15) is 24.6 Å². The molecule has 0 unspecified atom stereocenters. The Balaban J connectivity index is 2.05. The zero-order valence-electron chi connectivity index (χ0n) is 9.39. The first-order valence-electron chi connectivity index (χ1n) is 5.53. The first-order chi connectivity index (χ1) is 8.26. The van der Waals surface area contributed by atoms with Crippen LogP contribution in [0.5, 0.6) is 0 Å². The summed E-state index contributed by atoms with van der Waals surface area (Å²) in [5.74, 6) is 3.14. The van der Waals surface area contributed by atoms with Gasteiger partial charge >= 0.3 is 0 Å². The summed E-state index contributed by atoms with van der Waals surface area (Å²) in [4.78, 5) is 9.05. The topological polar surface area (TPSA) is 55.6 Å². The quantitative estimate of drug-likeness (QED) is 0.870. The Hall–Kier alpha value is -1.18. The molecule has 6 heteroatoms. The molecular weight excluding hydrogens is 329 g/mol. The lowest BCUT2D eigenvalue weighted by Crippen LogP contribution is -2.05. The Bertz CT molecular complexity index is 547. The minimum Gasteiger partial charge on any atom is -0.373 e. The normalized spacial score (nSPS) is 14.9. The minimum absolute atomic E-state index is 0.539. The van der Waals surface area contributed by atoms with Gasteiger partial charge in [-0.2, -0.15) is 5.10 Å². The lowest BCUT2D eigenvalue weighted by molar-refractivity contribution is 0.811. The second-order valence-corrected chi connectivity index (χ2v) is 5.34. The lowest BCUT2D eigenvalue weighted by atomic mass is 10.4. The van der Waals surface area contributed by atoms with Gasteiger partial charge in [0.15, 0.2) is 5.82 Å². The highest BCUT2D eigenvalue weighted by Gasteiger charge is 2.27.